The van der Waals surface area contributed by atoms with E-state index in [1.165, 1.54) is 4.90 Å². The van der Waals surface area contributed by atoms with Gasteiger partial charge in [-0.1, -0.05) is 39.0 Å². The second-order valence-electron chi connectivity index (χ2n) is 6.13. The Morgan fingerprint density at radius 3 is 2.45 bits per heavy atom. The maximum atomic E-state index is 5.54. The number of nitrogens with zero attached hydrogens (tertiary/aromatic N) is 1. The Morgan fingerprint density at radius 1 is 1.23 bits per heavy atom. The van der Waals surface area contributed by atoms with Crippen molar-refractivity contribution in [3.63, 3.8) is 0 Å². The van der Waals surface area contributed by atoms with Gasteiger partial charge in [0.2, 0.25) is 0 Å². The first-order chi connectivity index (χ1) is 10.5. The van der Waals surface area contributed by atoms with Gasteiger partial charge in [-0.05, 0) is 17.5 Å². The molecule has 0 radical (unpaired) electrons. The van der Waals surface area contributed by atoms with Gasteiger partial charge in [0, 0.05) is 37.9 Å². The first kappa shape index (κ1) is 18.8. The molecule has 2 N–H and O–H groups in total. The third kappa shape index (κ3) is 7.18. The zero-order valence-corrected chi connectivity index (χ0v) is 15.2. The molecule has 1 unspecified atom stereocenters. The van der Waals surface area contributed by atoms with Crippen molar-refractivity contribution in [3.05, 3.63) is 30.3 Å². The third-order valence-corrected chi connectivity index (χ3v) is 4.35. The summed E-state index contributed by atoms with van der Waals surface area (Å²) in [7, 11) is 3.54. The number of nitrogens with one attached hydrogen (secondary N) is 2. The van der Waals surface area contributed by atoms with Crippen LogP contribution >= 0.6 is 11.8 Å². The summed E-state index contributed by atoms with van der Waals surface area (Å²) >= 11 is 1.84. The van der Waals surface area contributed by atoms with Crippen LogP contribution in [0.15, 0.2) is 40.2 Å². The Morgan fingerprint density at radius 2 is 1.91 bits per heavy atom. The van der Waals surface area contributed by atoms with E-state index in [0.29, 0.717) is 0 Å². The Balaban J connectivity index is 2.28. The molecular weight excluding hydrogens is 294 g/mol. The van der Waals surface area contributed by atoms with Crippen LogP contribution in [0.1, 0.15) is 20.8 Å². The van der Waals surface area contributed by atoms with E-state index < -0.39 is 0 Å². The van der Waals surface area contributed by atoms with Crippen LogP contribution < -0.4 is 10.6 Å². The predicted octanol–water partition coefficient (Wildman–Crippen LogP) is 3.00. The van der Waals surface area contributed by atoms with Crippen molar-refractivity contribution in [1.82, 2.24) is 10.6 Å². The highest BCUT2D eigenvalue weighted by Gasteiger charge is 2.24. The van der Waals surface area contributed by atoms with Gasteiger partial charge in [-0.25, -0.2) is 0 Å². The second-order valence-corrected chi connectivity index (χ2v) is 7.30. The molecular formula is C17H29N3OS. The van der Waals surface area contributed by atoms with Crippen molar-refractivity contribution < 1.29 is 4.74 Å². The van der Waals surface area contributed by atoms with Gasteiger partial charge in [0.15, 0.2) is 5.96 Å². The maximum Gasteiger partial charge on any atom is 0.191 e. The van der Waals surface area contributed by atoms with Crippen LogP contribution in [0.3, 0.4) is 0 Å². The highest BCUT2D eigenvalue weighted by Crippen LogP contribution is 2.20. The van der Waals surface area contributed by atoms with E-state index in [-0.39, 0.29) is 11.5 Å². The van der Waals surface area contributed by atoms with Crippen molar-refractivity contribution >= 4 is 17.7 Å². The molecule has 0 saturated heterocycles. The average Bonchev–Trinajstić information content (AvgIpc) is 2.49. The Bertz CT molecular complexity index is 443. The number of hydrogen-bond donors (Lipinski definition) is 2. The number of methoxy groups -OCH3 is 1. The minimum Gasteiger partial charge on any atom is -0.379 e. The fraction of sp³-hybridized carbons (Fsp3) is 0.588. The highest BCUT2D eigenvalue weighted by atomic mass is 32.2. The normalized spacial score (nSPS) is 13.8. The Kier molecular flexibility index (Phi) is 8.35. The van der Waals surface area contributed by atoms with Crippen molar-refractivity contribution in [1.29, 1.82) is 0 Å². The standard InChI is InChI=1S/C17H29N3OS/c1-17(2,3)15(21-5)13-20-16(18-4)19-11-12-22-14-9-7-6-8-10-14/h6-10,15H,11-13H2,1-5H3,(H2,18,19,20). The molecule has 5 heteroatoms. The van der Waals surface area contributed by atoms with E-state index in [0.717, 1.165) is 24.8 Å². The van der Waals surface area contributed by atoms with Gasteiger partial charge in [0.25, 0.3) is 0 Å². The van der Waals surface area contributed by atoms with Crippen molar-refractivity contribution in [2.24, 2.45) is 10.4 Å². The third-order valence-electron chi connectivity index (χ3n) is 3.34. The minimum absolute atomic E-state index is 0.101. The number of benzene rings is 1. The summed E-state index contributed by atoms with van der Waals surface area (Å²) in [4.78, 5) is 5.54. The van der Waals surface area contributed by atoms with E-state index in [1.54, 1.807) is 14.2 Å². The predicted molar refractivity (Wildman–Crippen MR) is 96.8 cm³/mol. The first-order valence-electron chi connectivity index (χ1n) is 7.62. The lowest BCUT2D eigenvalue weighted by Crippen LogP contribution is -2.45. The second kappa shape index (κ2) is 9.74. The van der Waals surface area contributed by atoms with Gasteiger partial charge in [0.05, 0.1) is 6.10 Å². The summed E-state index contributed by atoms with van der Waals surface area (Å²) in [5, 5.41) is 6.66. The summed E-state index contributed by atoms with van der Waals surface area (Å²) in [5.74, 6) is 1.82. The van der Waals surface area contributed by atoms with Crippen molar-refractivity contribution in [2.45, 2.75) is 31.8 Å². The lowest BCUT2D eigenvalue weighted by molar-refractivity contribution is 0.0205. The summed E-state index contributed by atoms with van der Waals surface area (Å²) in [6, 6.07) is 10.4. The lowest BCUT2D eigenvalue weighted by atomic mass is 9.89. The quantitative estimate of drug-likeness (QED) is 0.350. The molecule has 1 aromatic rings. The van der Waals surface area contributed by atoms with E-state index in [1.807, 2.05) is 17.8 Å². The van der Waals surface area contributed by atoms with Gasteiger partial charge in [-0.3, -0.25) is 4.99 Å². The topological polar surface area (TPSA) is 45.7 Å². The largest absolute Gasteiger partial charge is 0.379 e. The molecule has 0 aliphatic carbocycles. The molecule has 0 fully saturated rings. The first-order valence-corrected chi connectivity index (χ1v) is 8.61. The maximum absolute atomic E-state index is 5.54. The van der Waals surface area contributed by atoms with E-state index in [9.17, 15) is 0 Å². The zero-order chi connectivity index (χ0) is 16.4. The summed E-state index contributed by atoms with van der Waals surface area (Å²) in [6.07, 6.45) is 0.143. The van der Waals surface area contributed by atoms with Crippen LogP contribution in [0.4, 0.5) is 0 Å². The minimum atomic E-state index is 0.101. The molecule has 0 heterocycles. The zero-order valence-electron chi connectivity index (χ0n) is 14.3. The summed E-state index contributed by atoms with van der Waals surface area (Å²) in [5.41, 5.74) is 0.101. The molecule has 0 saturated carbocycles. The molecule has 4 nitrogen and oxygen atoms in total. The summed E-state index contributed by atoms with van der Waals surface area (Å²) < 4.78 is 5.54. The molecule has 124 valence electrons. The molecule has 0 spiro atoms. The van der Waals surface area contributed by atoms with Gasteiger partial charge >= 0.3 is 0 Å². The summed E-state index contributed by atoms with van der Waals surface area (Å²) in [6.45, 7) is 8.14. The molecule has 0 aliphatic rings. The smallest absolute Gasteiger partial charge is 0.191 e. The molecule has 0 amide bonds. The van der Waals surface area contributed by atoms with Crippen molar-refractivity contribution in [2.75, 3.05) is 33.0 Å². The Labute approximate surface area is 139 Å². The number of rotatable bonds is 7. The van der Waals surface area contributed by atoms with Gasteiger partial charge in [-0.2, -0.15) is 0 Å². The Hall–Kier alpha value is -1.20. The van der Waals surface area contributed by atoms with Gasteiger partial charge in [-0.15, -0.1) is 11.8 Å². The van der Waals surface area contributed by atoms with Gasteiger partial charge < -0.3 is 15.4 Å². The molecule has 1 aromatic carbocycles. The molecule has 0 bridgehead atoms. The van der Waals surface area contributed by atoms with Crippen LogP contribution in [0, 0.1) is 5.41 Å². The van der Waals surface area contributed by atoms with Crippen LogP contribution in [-0.2, 0) is 4.74 Å². The van der Waals surface area contributed by atoms with Crippen LogP contribution in [0.2, 0.25) is 0 Å². The molecule has 1 rings (SSSR count). The number of ether oxygens (including phenoxy) is 1. The number of thioether (sulfide) groups is 1. The molecule has 22 heavy (non-hydrogen) atoms. The number of guanidine groups is 1. The SMILES string of the molecule is CN=C(NCCSc1ccccc1)NCC(OC)C(C)(C)C. The van der Waals surface area contributed by atoms with Gasteiger partial charge in [0.1, 0.15) is 0 Å². The fourth-order valence-corrected chi connectivity index (χ4v) is 2.80. The molecule has 1 atom stereocenters. The van der Waals surface area contributed by atoms with Crippen LogP contribution in [0.25, 0.3) is 0 Å². The molecule has 0 aromatic heterocycles. The van der Waals surface area contributed by atoms with E-state index >= 15 is 0 Å². The number of hydrogen-bond acceptors (Lipinski definition) is 3. The highest BCUT2D eigenvalue weighted by molar-refractivity contribution is 7.99. The van der Waals surface area contributed by atoms with E-state index in [2.05, 4.69) is 60.7 Å². The van der Waals surface area contributed by atoms with Crippen LogP contribution in [-0.4, -0.2) is 45.1 Å². The fourth-order valence-electron chi connectivity index (χ4n) is 2.01. The monoisotopic (exact) mass is 323 g/mol. The average molecular weight is 324 g/mol. The van der Waals surface area contributed by atoms with E-state index in [4.69, 9.17) is 4.74 Å². The van der Waals surface area contributed by atoms with Crippen LogP contribution in [0.5, 0.6) is 0 Å². The molecule has 0 aliphatic heterocycles. The number of aliphatic imine (C=N–C) groups is 1. The van der Waals surface area contributed by atoms with Crippen molar-refractivity contribution in [3.8, 4) is 0 Å². The lowest BCUT2D eigenvalue weighted by Gasteiger charge is -2.30.